The van der Waals surface area contributed by atoms with E-state index in [1.165, 1.54) is 36.5 Å². The smallest absolute Gasteiger partial charge is 0.109 e. The molecule has 0 bridgehead atoms. The van der Waals surface area contributed by atoms with Crippen molar-refractivity contribution >= 4 is 0 Å². The normalized spacial score (nSPS) is 29.1. The molecule has 4 rings (SSSR count). The Balaban J connectivity index is 1.72. The number of aromatic nitrogens is 2. The predicted molar refractivity (Wildman–Crippen MR) is 82.3 cm³/mol. The molecule has 4 heteroatoms. The Hall–Kier alpha value is -0.870. The van der Waals surface area contributed by atoms with Crippen LogP contribution in [-0.2, 0) is 24.1 Å². The lowest BCUT2D eigenvalue weighted by molar-refractivity contribution is 0.0738. The van der Waals surface area contributed by atoms with Gasteiger partial charge in [-0.05, 0) is 31.1 Å². The van der Waals surface area contributed by atoms with Gasteiger partial charge in [-0.15, -0.1) is 0 Å². The second kappa shape index (κ2) is 5.40. The van der Waals surface area contributed by atoms with E-state index < -0.39 is 0 Å². The van der Waals surface area contributed by atoms with Crippen LogP contribution in [0.25, 0.3) is 0 Å². The van der Waals surface area contributed by atoms with Crippen LogP contribution in [0.5, 0.6) is 0 Å². The van der Waals surface area contributed by atoms with Crippen LogP contribution >= 0.6 is 0 Å². The maximum Gasteiger partial charge on any atom is 0.109 e. The molecule has 2 aliphatic heterocycles. The highest BCUT2D eigenvalue weighted by atomic mass is 16.5. The maximum atomic E-state index is 6.10. The van der Waals surface area contributed by atoms with Crippen LogP contribution in [0.15, 0.2) is 0 Å². The van der Waals surface area contributed by atoms with Gasteiger partial charge in [0.2, 0.25) is 0 Å². The van der Waals surface area contributed by atoms with E-state index in [9.17, 15) is 0 Å². The Morgan fingerprint density at radius 2 is 2.19 bits per heavy atom. The molecular weight excluding hydrogens is 262 g/mol. The van der Waals surface area contributed by atoms with Crippen molar-refractivity contribution in [2.24, 2.45) is 11.8 Å². The van der Waals surface area contributed by atoms with Gasteiger partial charge in [0.1, 0.15) is 5.82 Å². The first kappa shape index (κ1) is 13.8. The molecule has 0 aromatic carbocycles. The van der Waals surface area contributed by atoms with Gasteiger partial charge in [0.15, 0.2) is 0 Å². The van der Waals surface area contributed by atoms with Gasteiger partial charge >= 0.3 is 0 Å². The summed E-state index contributed by atoms with van der Waals surface area (Å²) in [5.74, 6) is 2.77. The number of imidazole rings is 1. The summed E-state index contributed by atoms with van der Waals surface area (Å²) in [5, 5.41) is 3.46. The number of rotatable bonds is 4. The van der Waals surface area contributed by atoms with E-state index in [2.05, 4.69) is 23.7 Å². The fraction of sp³-hybridized carbons (Fsp3) is 0.824. The molecule has 2 fully saturated rings. The fourth-order valence-corrected chi connectivity index (χ4v) is 4.04. The minimum atomic E-state index is 0.448. The van der Waals surface area contributed by atoms with Crippen molar-refractivity contribution in [2.75, 3.05) is 13.2 Å². The van der Waals surface area contributed by atoms with Gasteiger partial charge in [-0.1, -0.05) is 13.8 Å². The minimum Gasteiger partial charge on any atom is -0.376 e. The molecule has 1 saturated heterocycles. The fourth-order valence-electron chi connectivity index (χ4n) is 4.04. The van der Waals surface area contributed by atoms with Gasteiger partial charge < -0.3 is 14.6 Å². The Morgan fingerprint density at radius 1 is 1.33 bits per heavy atom. The first-order chi connectivity index (χ1) is 10.2. The summed E-state index contributed by atoms with van der Waals surface area (Å²) in [4.78, 5) is 4.99. The Labute approximate surface area is 127 Å². The molecule has 1 N–H and O–H groups in total. The van der Waals surface area contributed by atoms with Crippen LogP contribution in [0.4, 0.5) is 0 Å². The standard InChI is InChI=1S/C17H27N3O/c1-11(2)9-16-19-13-10-18-7-5-14(13)20(16)15-6-8-21-17(15)12-3-4-12/h11-12,15,17-18H,3-10H2,1-2H3. The quantitative estimate of drug-likeness (QED) is 0.925. The van der Waals surface area contributed by atoms with Crippen LogP contribution in [0.2, 0.25) is 0 Å². The molecule has 1 aliphatic carbocycles. The van der Waals surface area contributed by atoms with Crippen LogP contribution in [-0.4, -0.2) is 28.8 Å². The predicted octanol–water partition coefficient (Wildman–Crippen LogP) is 2.47. The van der Waals surface area contributed by atoms with Crippen molar-refractivity contribution in [3.05, 3.63) is 17.2 Å². The largest absolute Gasteiger partial charge is 0.376 e. The van der Waals surface area contributed by atoms with Gasteiger partial charge in [-0.2, -0.15) is 0 Å². The number of hydrogen-bond donors (Lipinski definition) is 1. The summed E-state index contributed by atoms with van der Waals surface area (Å²) < 4.78 is 8.70. The zero-order valence-corrected chi connectivity index (χ0v) is 13.3. The molecule has 0 amide bonds. The van der Waals surface area contributed by atoms with E-state index in [4.69, 9.17) is 9.72 Å². The summed E-state index contributed by atoms with van der Waals surface area (Å²) in [5.41, 5.74) is 2.78. The Morgan fingerprint density at radius 3 is 2.95 bits per heavy atom. The lowest BCUT2D eigenvalue weighted by Crippen LogP contribution is -2.29. The van der Waals surface area contributed by atoms with E-state index in [1.54, 1.807) is 0 Å². The third-order valence-electron chi connectivity index (χ3n) is 5.11. The molecule has 21 heavy (non-hydrogen) atoms. The number of nitrogens with zero attached hydrogens (tertiary/aromatic N) is 2. The van der Waals surface area contributed by atoms with Gasteiger partial charge in [0, 0.05) is 38.2 Å². The van der Waals surface area contributed by atoms with Crippen molar-refractivity contribution in [1.29, 1.82) is 0 Å². The summed E-state index contributed by atoms with van der Waals surface area (Å²) in [7, 11) is 0. The molecule has 1 saturated carbocycles. The third kappa shape index (κ3) is 2.53. The van der Waals surface area contributed by atoms with Crippen molar-refractivity contribution in [1.82, 2.24) is 14.9 Å². The first-order valence-electron chi connectivity index (χ1n) is 8.65. The van der Waals surface area contributed by atoms with Gasteiger partial charge in [0.25, 0.3) is 0 Å². The molecule has 0 radical (unpaired) electrons. The zero-order chi connectivity index (χ0) is 14.4. The summed E-state index contributed by atoms with van der Waals surface area (Å²) >= 11 is 0. The monoisotopic (exact) mass is 289 g/mol. The van der Waals surface area contributed by atoms with E-state index >= 15 is 0 Å². The van der Waals surface area contributed by atoms with E-state index in [-0.39, 0.29) is 0 Å². The molecule has 116 valence electrons. The second-order valence-corrected chi connectivity index (χ2v) is 7.35. The SMILES string of the molecule is CC(C)Cc1nc2c(n1C1CCOC1C1CC1)CCNC2. The number of nitrogens with one attached hydrogen (secondary N) is 1. The molecule has 0 spiro atoms. The number of fused-ring (bicyclic) bond motifs is 1. The average molecular weight is 289 g/mol. The molecule has 3 aliphatic rings. The maximum absolute atomic E-state index is 6.10. The molecular formula is C17H27N3O. The average Bonchev–Trinajstić information content (AvgIpc) is 3.08. The lowest BCUT2D eigenvalue weighted by atomic mass is 10.0. The highest BCUT2D eigenvalue weighted by Gasteiger charge is 2.43. The third-order valence-corrected chi connectivity index (χ3v) is 5.11. The van der Waals surface area contributed by atoms with Crippen LogP contribution in [0, 0.1) is 11.8 Å². The first-order valence-corrected chi connectivity index (χ1v) is 8.65. The van der Waals surface area contributed by atoms with Gasteiger partial charge in [-0.25, -0.2) is 4.98 Å². The topological polar surface area (TPSA) is 39.1 Å². The van der Waals surface area contributed by atoms with Crippen molar-refractivity contribution in [3.8, 4) is 0 Å². The molecule has 3 heterocycles. The van der Waals surface area contributed by atoms with Crippen molar-refractivity contribution < 1.29 is 4.74 Å². The summed E-state index contributed by atoms with van der Waals surface area (Å²) in [6.45, 7) is 7.54. The Kier molecular flexibility index (Phi) is 3.54. The van der Waals surface area contributed by atoms with E-state index in [1.807, 2.05) is 0 Å². The number of ether oxygens (including phenoxy) is 1. The molecule has 1 aromatic heterocycles. The molecule has 4 nitrogen and oxygen atoms in total. The summed E-state index contributed by atoms with van der Waals surface area (Å²) in [6, 6.07) is 0.542. The highest BCUT2D eigenvalue weighted by Crippen LogP contribution is 2.44. The van der Waals surface area contributed by atoms with Crippen LogP contribution in [0.1, 0.15) is 56.4 Å². The van der Waals surface area contributed by atoms with E-state index in [0.717, 1.165) is 38.5 Å². The van der Waals surface area contributed by atoms with Crippen LogP contribution in [0.3, 0.4) is 0 Å². The van der Waals surface area contributed by atoms with Crippen LogP contribution < -0.4 is 5.32 Å². The van der Waals surface area contributed by atoms with Gasteiger partial charge in [-0.3, -0.25) is 0 Å². The van der Waals surface area contributed by atoms with Crippen molar-refractivity contribution in [2.45, 2.75) is 64.6 Å². The Bertz CT molecular complexity index is 518. The highest BCUT2D eigenvalue weighted by molar-refractivity contribution is 5.22. The molecule has 2 atom stereocenters. The second-order valence-electron chi connectivity index (χ2n) is 7.35. The van der Waals surface area contributed by atoms with Gasteiger partial charge in [0.05, 0.1) is 17.8 Å². The zero-order valence-electron chi connectivity index (χ0n) is 13.3. The molecule has 1 aromatic rings. The summed E-state index contributed by atoms with van der Waals surface area (Å²) in [6.07, 6.45) is 6.54. The van der Waals surface area contributed by atoms with E-state index in [0.29, 0.717) is 18.1 Å². The number of hydrogen-bond acceptors (Lipinski definition) is 3. The lowest BCUT2D eigenvalue weighted by Gasteiger charge is -2.26. The van der Waals surface area contributed by atoms with Crippen molar-refractivity contribution in [3.63, 3.8) is 0 Å². The molecule has 2 unspecified atom stereocenters. The minimum absolute atomic E-state index is 0.448.